The Morgan fingerprint density at radius 2 is 2.00 bits per heavy atom. The molecular weight excluding hydrogens is 328 g/mol. The highest BCUT2D eigenvalue weighted by molar-refractivity contribution is 6.30. The first kappa shape index (κ1) is 15.1. The average molecular weight is 345 g/mol. The molecule has 0 unspecified atom stereocenters. The van der Waals surface area contributed by atoms with Gasteiger partial charge in [0.15, 0.2) is 0 Å². The Morgan fingerprint density at radius 1 is 1.17 bits per heavy atom. The van der Waals surface area contributed by atoms with Crippen LogP contribution in [0.4, 0.5) is 17.3 Å². The van der Waals surface area contributed by atoms with Crippen molar-refractivity contribution in [2.24, 2.45) is 0 Å². The molecule has 0 amide bonds. The highest BCUT2D eigenvalue weighted by Crippen LogP contribution is 2.30. The second-order valence-corrected chi connectivity index (χ2v) is 6.11. The maximum atomic E-state index is 9.90. The van der Waals surface area contributed by atoms with Gasteiger partial charge in [0.05, 0.1) is 29.9 Å². The summed E-state index contributed by atoms with van der Waals surface area (Å²) < 4.78 is 5.39. The van der Waals surface area contributed by atoms with Crippen LogP contribution < -0.4 is 10.2 Å². The number of fused-ring (bicyclic) bond motifs is 1. The van der Waals surface area contributed by atoms with Crippen LogP contribution in [0.3, 0.4) is 0 Å². The molecule has 0 radical (unpaired) electrons. The van der Waals surface area contributed by atoms with Gasteiger partial charge in [-0.1, -0.05) is 11.6 Å². The summed E-state index contributed by atoms with van der Waals surface area (Å²) in [4.78, 5) is 10.0. The van der Waals surface area contributed by atoms with Crippen molar-refractivity contribution >= 4 is 40.0 Å². The molecule has 1 fully saturated rings. The van der Waals surface area contributed by atoms with Crippen molar-refractivity contribution in [1.29, 1.82) is 0 Å². The largest absolute Gasteiger partial charge is 0.506 e. The van der Waals surface area contributed by atoms with Gasteiger partial charge in [0.2, 0.25) is 5.95 Å². The minimum atomic E-state index is 0.119. The van der Waals surface area contributed by atoms with E-state index in [1.54, 1.807) is 18.2 Å². The predicted molar refractivity (Wildman–Crippen MR) is 95.5 cm³/mol. The molecule has 3 aromatic rings. The van der Waals surface area contributed by atoms with E-state index in [4.69, 9.17) is 16.3 Å². The molecule has 0 bridgehead atoms. The molecule has 24 heavy (non-hydrogen) atoms. The quantitative estimate of drug-likeness (QED) is 0.634. The van der Waals surface area contributed by atoms with Crippen molar-refractivity contribution < 1.29 is 9.84 Å². The molecule has 1 aliphatic heterocycles. The monoisotopic (exact) mass is 344 g/mol. The SMILES string of the molecule is Oc1ccc(Cl)cc1Nc1nc2ccc(N3CCOCC3)cc2[nH]1. The van der Waals surface area contributed by atoms with Crippen LogP contribution in [0.5, 0.6) is 5.75 Å². The van der Waals surface area contributed by atoms with Gasteiger partial charge in [-0.3, -0.25) is 0 Å². The molecule has 6 nitrogen and oxygen atoms in total. The smallest absolute Gasteiger partial charge is 0.205 e. The fourth-order valence-corrected chi connectivity index (χ4v) is 2.98. The van der Waals surface area contributed by atoms with Crippen molar-refractivity contribution in [3.63, 3.8) is 0 Å². The standard InChI is InChI=1S/C17H17ClN4O2/c18-11-1-4-16(23)15(9-11)21-17-19-13-3-2-12(10-14(13)20-17)22-5-7-24-8-6-22/h1-4,9-10,23H,5-8H2,(H2,19,20,21). The van der Waals surface area contributed by atoms with E-state index in [-0.39, 0.29) is 5.75 Å². The number of imidazole rings is 1. The Morgan fingerprint density at radius 3 is 2.83 bits per heavy atom. The lowest BCUT2D eigenvalue weighted by molar-refractivity contribution is 0.122. The summed E-state index contributed by atoms with van der Waals surface area (Å²) in [6, 6.07) is 11.0. The van der Waals surface area contributed by atoms with Crippen molar-refractivity contribution in [3.8, 4) is 5.75 Å². The number of phenols is 1. The zero-order valence-electron chi connectivity index (χ0n) is 12.9. The van der Waals surface area contributed by atoms with Crippen LogP contribution in [0.15, 0.2) is 36.4 Å². The van der Waals surface area contributed by atoms with E-state index in [1.165, 1.54) is 0 Å². The normalized spacial score (nSPS) is 15.0. The number of nitrogens with one attached hydrogen (secondary N) is 2. The number of hydrogen-bond acceptors (Lipinski definition) is 5. The fourth-order valence-electron chi connectivity index (χ4n) is 2.81. The summed E-state index contributed by atoms with van der Waals surface area (Å²) in [7, 11) is 0. The summed E-state index contributed by atoms with van der Waals surface area (Å²) in [6.07, 6.45) is 0. The number of phenolic OH excluding ortho intramolecular Hbond substituents is 1. The van der Waals surface area contributed by atoms with Crippen LogP contribution in [0, 0.1) is 0 Å². The Labute approximate surface area is 144 Å². The van der Waals surface area contributed by atoms with E-state index in [0.717, 1.165) is 43.0 Å². The summed E-state index contributed by atoms with van der Waals surface area (Å²) in [5.41, 5.74) is 3.44. The van der Waals surface area contributed by atoms with Crippen molar-refractivity contribution in [2.75, 3.05) is 36.5 Å². The zero-order chi connectivity index (χ0) is 16.5. The van der Waals surface area contributed by atoms with Gasteiger partial charge < -0.3 is 25.0 Å². The minimum absolute atomic E-state index is 0.119. The summed E-state index contributed by atoms with van der Waals surface area (Å²) in [5.74, 6) is 0.676. The van der Waals surface area contributed by atoms with Gasteiger partial charge in [-0.05, 0) is 36.4 Å². The number of ether oxygens (including phenoxy) is 1. The lowest BCUT2D eigenvalue weighted by Gasteiger charge is -2.28. The molecule has 1 aliphatic rings. The Kier molecular flexibility index (Phi) is 3.92. The molecule has 2 aromatic carbocycles. The van der Waals surface area contributed by atoms with Gasteiger partial charge in [-0.15, -0.1) is 0 Å². The fraction of sp³-hybridized carbons (Fsp3) is 0.235. The summed E-state index contributed by atoms with van der Waals surface area (Å²) in [6.45, 7) is 3.28. The Bertz CT molecular complexity index is 874. The molecule has 0 aliphatic carbocycles. The van der Waals surface area contributed by atoms with Crippen LogP contribution >= 0.6 is 11.6 Å². The van der Waals surface area contributed by atoms with Gasteiger partial charge in [0, 0.05) is 23.8 Å². The third-order valence-corrected chi connectivity index (χ3v) is 4.29. The molecular formula is C17H17ClN4O2. The summed E-state index contributed by atoms with van der Waals surface area (Å²) >= 11 is 5.97. The summed E-state index contributed by atoms with van der Waals surface area (Å²) in [5, 5.41) is 13.5. The molecule has 0 atom stereocenters. The van der Waals surface area contributed by atoms with E-state index in [1.807, 2.05) is 6.07 Å². The number of H-pyrrole nitrogens is 1. The Hall–Kier alpha value is -2.44. The minimum Gasteiger partial charge on any atom is -0.506 e. The molecule has 0 saturated carbocycles. The maximum absolute atomic E-state index is 9.90. The number of halogens is 1. The number of benzene rings is 2. The lowest BCUT2D eigenvalue weighted by Crippen LogP contribution is -2.36. The van der Waals surface area contributed by atoms with Crippen LogP contribution in [-0.2, 0) is 4.74 Å². The topological polar surface area (TPSA) is 73.4 Å². The average Bonchev–Trinajstić information content (AvgIpc) is 3.00. The van der Waals surface area contributed by atoms with Gasteiger partial charge in [0.25, 0.3) is 0 Å². The lowest BCUT2D eigenvalue weighted by atomic mass is 10.2. The molecule has 3 N–H and O–H groups in total. The first-order chi connectivity index (χ1) is 11.7. The molecule has 7 heteroatoms. The number of rotatable bonds is 3. The van der Waals surface area contributed by atoms with E-state index < -0.39 is 0 Å². The van der Waals surface area contributed by atoms with E-state index in [9.17, 15) is 5.11 Å². The predicted octanol–water partition coefficient (Wildman–Crippen LogP) is 3.50. The van der Waals surface area contributed by atoms with Crippen LogP contribution in [-0.4, -0.2) is 41.4 Å². The number of nitrogens with zero attached hydrogens (tertiary/aromatic N) is 2. The maximum Gasteiger partial charge on any atom is 0.205 e. The zero-order valence-corrected chi connectivity index (χ0v) is 13.7. The molecule has 1 aromatic heterocycles. The first-order valence-electron chi connectivity index (χ1n) is 7.77. The number of hydrogen-bond donors (Lipinski definition) is 3. The molecule has 4 rings (SSSR count). The van der Waals surface area contributed by atoms with Crippen LogP contribution in [0.25, 0.3) is 11.0 Å². The van der Waals surface area contributed by atoms with Gasteiger partial charge >= 0.3 is 0 Å². The van der Waals surface area contributed by atoms with E-state index in [2.05, 4.69) is 32.3 Å². The first-order valence-corrected chi connectivity index (χ1v) is 8.15. The number of morpholine rings is 1. The molecule has 0 spiro atoms. The second kappa shape index (κ2) is 6.22. The van der Waals surface area contributed by atoms with Gasteiger partial charge in [0.1, 0.15) is 5.75 Å². The highest BCUT2D eigenvalue weighted by atomic mass is 35.5. The molecule has 1 saturated heterocycles. The van der Waals surface area contributed by atoms with Crippen molar-refractivity contribution in [1.82, 2.24) is 9.97 Å². The third kappa shape index (κ3) is 2.98. The number of aromatic amines is 1. The molecule has 2 heterocycles. The van der Waals surface area contributed by atoms with Gasteiger partial charge in [-0.2, -0.15) is 0 Å². The van der Waals surface area contributed by atoms with Gasteiger partial charge in [-0.25, -0.2) is 4.98 Å². The number of aromatic hydroxyl groups is 1. The van der Waals surface area contributed by atoms with Crippen LogP contribution in [0.2, 0.25) is 5.02 Å². The van der Waals surface area contributed by atoms with E-state index >= 15 is 0 Å². The molecule has 124 valence electrons. The van der Waals surface area contributed by atoms with Crippen molar-refractivity contribution in [3.05, 3.63) is 41.4 Å². The van der Waals surface area contributed by atoms with Crippen LogP contribution in [0.1, 0.15) is 0 Å². The number of anilines is 3. The van der Waals surface area contributed by atoms with E-state index in [0.29, 0.717) is 16.7 Å². The second-order valence-electron chi connectivity index (χ2n) is 5.67. The third-order valence-electron chi connectivity index (χ3n) is 4.05. The number of aromatic nitrogens is 2. The van der Waals surface area contributed by atoms with Crippen molar-refractivity contribution in [2.45, 2.75) is 0 Å². The highest BCUT2D eigenvalue weighted by Gasteiger charge is 2.13. The Balaban J connectivity index is 1.62.